The monoisotopic (exact) mass is 418 g/mol. The van der Waals surface area contributed by atoms with Crippen LogP contribution in [0.1, 0.15) is 24.2 Å². The Balaban J connectivity index is 1.92. The Hall–Kier alpha value is -2.02. The number of hydrogen-bond donors (Lipinski definition) is 1. The zero-order chi connectivity index (χ0) is 16.6. The van der Waals surface area contributed by atoms with Gasteiger partial charge in [0.25, 0.3) is 11.8 Å². The number of rotatable bonds is 1. The first kappa shape index (κ1) is 15.9. The number of hydrogen-bond acceptors (Lipinski definition) is 2. The molecule has 1 aromatic carbocycles. The number of fused-ring (bicyclic) bond motifs is 1. The number of nitrogens with zero attached hydrogens (tertiary/aromatic N) is 1. The summed E-state index contributed by atoms with van der Waals surface area (Å²) < 4.78 is 0.866. The molecule has 1 aliphatic heterocycles. The van der Waals surface area contributed by atoms with E-state index in [-0.39, 0.29) is 17.7 Å². The highest BCUT2D eigenvalue weighted by atomic mass is 127. The second kappa shape index (κ2) is 6.23. The van der Waals surface area contributed by atoms with Crippen LogP contribution in [-0.2, 0) is 4.79 Å². The topological polar surface area (TPSA) is 58.5 Å². The average Bonchev–Trinajstić information content (AvgIpc) is 2.53. The molecule has 5 heteroatoms. The lowest BCUT2D eigenvalue weighted by Crippen LogP contribution is -2.35. The molecule has 23 heavy (non-hydrogen) atoms. The SMILES string of the molecule is CC1=C(C)C2C=CC(=NC(=O)c3ccccc3I)C=C2NC1=O. The normalized spacial score (nSPS) is 21.9. The number of carbonyl (C=O) groups is 2. The first-order valence-corrected chi connectivity index (χ1v) is 8.31. The van der Waals surface area contributed by atoms with E-state index in [1.807, 2.05) is 44.2 Å². The molecule has 2 aliphatic rings. The van der Waals surface area contributed by atoms with Gasteiger partial charge in [0.1, 0.15) is 0 Å². The summed E-state index contributed by atoms with van der Waals surface area (Å²) >= 11 is 2.12. The van der Waals surface area contributed by atoms with Crippen LogP contribution < -0.4 is 5.32 Å². The highest BCUT2D eigenvalue weighted by Crippen LogP contribution is 2.29. The lowest BCUT2D eigenvalue weighted by atomic mass is 9.85. The fourth-order valence-electron chi connectivity index (χ4n) is 2.61. The van der Waals surface area contributed by atoms with E-state index in [0.717, 1.165) is 20.4 Å². The number of halogens is 1. The van der Waals surface area contributed by atoms with E-state index in [0.29, 0.717) is 11.3 Å². The van der Waals surface area contributed by atoms with Crippen LogP contribution in [0.2, 0.25) is 0 Å². The van der Waals surface area contributed by atoms with Crippen LogP contribution in [0.15, 0.2) is 64.3 Å². The van der Waals surface area contributed by atoms with E-state index in [1.165, 1.54) is 0 Å². The predicted molar refractivity (Wildman–Crippen MR) is 98.2 cm³/mol. The minimum atomic E-state index is -0.282. The number of amides is 2. The average molecular weight is 418 g/mol. The summed E-state index contributed by atoms with van der Waals surface area (Å²) in [6, 6.07) is 7.33. The maximum absolute atomic E-state index is 12.3. The van der Waals surface area contributed by atoms with Crippen molar-refractivity contribution < 1.29 is 9.59 Å². The molecule has 1 aliphatic carbocycles. The molecule has 1 unspecified atom stereocenters. The first-order chi connectivity index (χ1) is 11.0. The third-order valence-corrected chi connectivity index (χ3v) is 5.03. The number of carbonyl (C=O) groups excluding carboxylic acids is 2. The van der Waals surface area contributed by atoms with Crippen LogP contribution in [-0.4, -0.2) is 17.5 Å². The quantitative estimate of drug-likeness (QED) is 0.711. The third kappa shape index (κ3) is 3.06. The van der Waals surface area contributed by atoms with Gasteiger partial charge in [-0.1, -0.05) is 23.8 Å². The van der Waals surface area contributed by atoms with E-state index in [9.17, 15) is 9.59 Å². The Labute approximate surface area is 148 Å². The van der Waals surface area contributed by atoms with E-state index in [1.54, 1.807) is 12.1 Å². The molecule has 3 rings (SSSR count). The first-order valence-electron chi connectivity index (χ1n) is 7.23. The molecule has 2 amide bonds. The van der Waals surface area contributed by atoms with Gasteiger partial charge in [-0.3, -0.25) is 9.59 Å². The second-order valence-corrected chi connectivity index (χ2v) is 6.68. The summed E-state index contributed by atoms with van der Waals surface area (Å²) in [6.45, 7) is 3.77. The summed E-state index contributed by atoms with van der Waals surface area (Å²) in [6.07, 6.45) is 5.57. The van der Waals surface area contributed by atoms with Gasteiger partial charge in [-0.25, -0.2) is 4.99 Å². The third-order valence-electron chi connectivity index (χ3n) is 4.09. The standard InChI is InChI=1S/C18H15IN2O2/c1-10-11(2)17(22)21-16-9-12(7-8-13(10)16)20-18(23)14-5-3-4-6-15(14)19/h3-9,13H,1-2H3,(H,21,22). The molecule has 1 heterocycles. The van der Waals surface area contributed by atoms with Gasteiger partial charge in [-0.15, -0.1) is 0 Å². The molecule has 0 bridgehead atoms. The van der Waals surface area contributed by atoms with Crippen molar-refractivity contribution in [2.24, 2.45) is 10.9 Å². The summed E-state index contributed by atoms with van der Waals surface area (Å²) in [5, 5.41) is 2.87. The zero-order valence-electron chi connectivity index (χ0n) is 12.8. The number of aliphatic imine (C=N–C) groups is 1. The number of allylic oxidation sites excluding steroid dienone is 3. The fourth-order valence-corrected chi connectivity index (χ4v) is 3.22. The fraction of sp³-hybridized carbons (Fsp3) is 0.167. The Morgan fingerprint density at radius 3 is 2.74 bits per heavy atom. The van der Waals surface area contributed by atoms with Crippen molar-refractivity contribution in [2.75, 3.05) is 0 Å². The van der Waals surface area contributed by atoms with Crippen molar-refractivity contribution in [3.8, 4) is 0 Å². The minimum absolute atomic E-state index is 0.0543. The van der Waals surface area contributed by atoms with Crippen LogP contribution in [0.4, 0.5) is 0 Å². The summed E-state index contributed by atoms with van der Waals surface area (Å²) in [7, 11) is 0. The van der Waals surface area contributed by atoms with Crippen molar-refractivity contribution in [1.29, 1.82) is 0 Å². The molecule has 0 aromatic heterocycles. The van der Waals surface area contributed by atoms with Crippen molar-refractivity contribution in [3.63, 3.8) is 0 Å². The molecule has 0 saturated carbocycles. The molecule has 0 radical (unpaired) electrons. The van der Waals surface area contributed by atoms with Crippen LogP contribution in [0, 0.1) is 9.49 Å². The van der Waals surface area contributed by atoms with Crippen molar-refractivity contribution >= 4 is 40.1 Å². The van der Waals surface area contributed by atoms with Crippen molar-refractivity contribution in [3.05, 3.63) is 68.5 Å². The lowest BCUT2D eigenvalue weighted by Gasteiger charge is -2.28. The van der Waals surface area contributed by atoms with E-state index < -0.39 is 0 Å². The summed E-state index contributed by atoms with van der Waals surface area (Å²) in [5.41, 5.74) is 3.67. The molecule has 1 aromatic rings. The Morgan fingerprint density at radius 1 is 1.26 bits per heavy atom. The van der Waals surface area contributed by atoms with Crippen LogP contribution >= 0.6 is 22.6 Å². The molecule has 1 atom stereocenters. The molecule has 4 nitrogen and oxygen atoms in total. The van der Waals surface area contributed by atoms with Gasteiger partial charge in [0.15, 0.2) is 0 Å². The Morgan fingerprint density at radius 2 is 2.00 bits per heavy atom. The predicted octanol–water partition coefficient (Wildman–Crippen LogP) is 3.41. The molecule has 0 spiro atoms. The highest BCUT2D eigenvalue weighted by Gasteiger charge is 2.27. The summed E-state index contributed by atoms with van der Waals surface area (Å²) in [5.74, 6) is -0.322. The molecule has 1 N–H and O–H groups in total. The second-order valence-electron chi connectivity index (χ2n) is 5.52. The largest absolute Gasteiger partial charge is 0.325 e. The molecular formula is C18H15IN2O2. The van der Waals surface area contributed by atoms with Gasteiger partial charge < -0.3 is 5.32 Å². The van der Waals surface area contributed by atoms with E-state index in [2.05, 4.69) is 32.9 Å². The van der Waals surface area contributed by atoms with E-state index in [4.69, 9.17) is 0 Å². The van der Waals surface area contributed by atoms with Crippen molar-refractivity contribution in [2.45, 2.75) is 13.8 Å². The maximum Gasteiger partial charge on any atom is 0.278 e. The van der Waals surface area contributed by atoms with Crippen LogP contribution in [0.3, 0.4) is 0 Å². The molecular weight excluding hydrogens is 403 g/mol. The van der Waals surface area contributed by atoms with Crippen LogP contribution in [0.25, 0.3) is 0 Å². The van der Waals surface area contributed by atoms with E-state index >= 15 is 0 Å². The highest BCUT2D eigenvalue weighted by molar-refractivity contribution is 14.1. The molecule has 0 fully saturated rings. The smallest absolute Gasteiger partial charge is 0.278 e. The van der Waals surface area contributed by atoms with Gasteiger partial charge in [-0.2, -0.15) is 0 Å². The van der Waals surface area contributed by atoms with Gasteiger partial charge in [0.2, 0.25) is 0 Å². The van der Waals surface area contributed by atoms with Gasteiger partial charge >= 0.3 is 0 Å². The van der Waals surface area contributed by atoms with Gasteiger partial charge in [0, 0.05) is 20.8 Å². The van der Waals surface area contributed by atoms with Crippen molar-refractivity contribution in [1.82, 2.24) is 5.32 Å². The maximum atomic E-state index is 12.3. The van der Waals surface area contributed by atoms with Crippen LogP contribution in [0.5, 0.6) is 0 Å². The Kier molecular flexibility index (Phi) is 4.30. The Bertz CT molecular complexity index is 831. The summed E-state index contributed by atoms with van der Waals surface area (Å²) in [4.78, 5) is 28.4. The molecule has 116 valence electrons. The van der Waals surface area contributed by atoms with Gasteiger partial charge in [0.05, 0.1) is 11.3 Å². The van der Waals surface area contributed by atoms with Gasteiger partial charge in [-0.05, 0) is 60.7 Å². The zero-order valence-corrected chi connectivity index (χ0v) is 14.9. The minimum Gasteiger partial charge on any atom is -0.325 e. The number of nitrogens with one attached hydrogen (secondary N) is 1. The molecule has 0 saturated heterocycles. The number of benzene rings is 1. The lowest BCUT2D eigenvalue weighted by molar-refractivity contribution is -0.117.